The standard InChI is InChI=1S/C12H23N7O/c1-3-6-19-7-4-9(5-8-19)14-10-15-11(18-13)17-12(16-10)20-2/h9H,3-8,13H2,1-2H3,(H2,14,15,16,17,18). The lowest BCUT2D eigenvalue weighted by Crippen LogP contribution is -2.39. The molecule has 0 bridgehead atoms. The van der Waals surface area contributed by atoms with Gasteiger partial charge in [0, 0.05) is 19.1 Å². The predicted octanol–water partition coefficient (Wildman–Crippen LogP) is 0.452. The number of nitrogens with zero attached hydrogens (tertiary/aromatic N) is 4. The Morgan fingerprint density at radius 1 is 1.25 bits per heavy atom. The van der Waals surface area contributed by atoms with Crippen molar-refractivity contribution in [2.75, 3.05) is 37.5 Å². The lowest BCUT2D eigenvalue weighted by molar-refractivity contribution is 0.219. The van der Waals surface area contributed by atoms with E-state index in [9.17, 15) is 0 Å². The van der Waals surface area contributed by atoms with Crippen molar-refractivity contribution in [3.05, 3.63) is 0 Å². The summed E-state index contributed by atoms with van der Waals surface area (Å²) in [5.41, 5.74) is 2.41. The van der Waals surface area contributed by atoms with Gasteiger partial charge in [0.2, 0.25) is 11.9 Å². The Hall–Kier alpha value is -1.67. The average Bonchev–Trinajstić information content (AvgIpc) is 2.49. The lowest BCUT2D eigenvalue weighted by atomic mass is 10.1. The molecule has 0 amide bonds. The first-order valence-electron chi connectivity index (χ1n) is 7.00. The van der Waals surface area contributed by atoms with Crippen molar-refractivity contribution in [3.63, 3.8) is 0 Å². The van der Waals surface area contributed by atoms with Gasteiger partial charge in [0.25, 0.3) is 0 Å². The van der Waals surface area contributed by atoms with Gasteiger partial charge in [-0.05, 0) is 25.8 Å². The molecule has 0 aromatic carbocycles. The number of nitrogen functional groups attached to an aromatic ring is 1. The highest BCUT2D eigenvalue weighted by Gasteiger charge is 2.19. The van der Waals surface area contributed by atoms with Gasteiger partial charge >= 0.3 is 6.01 Å². The van der Waals surface area contributed by atoms with Crippen molar-refractivity contribution in [1.82, 2.24) is 19.9 Å². The van der Waals surface area contributed by atoms with Gasteiger partial charge in [0.05, 0.1) is 7.11 Å². The number of nitrogens with one attached hydrogen (secondary N) is 2. The van der Waals surface area contributed by atoms with E-state index in [1.807, 2.05) is 0 Å². The SMILES string of the molecule is CCCN1CCC(Nc2nc(NN)nc(OC)n2)CC1. The van der Waals surface area contributed by atoms with Crippen molar-refractivity contribution in [1.29, 1.82) is 0 Å². The van der Waals surface area contributed by atoms with Crippen LogP contribution in [0.15, 0.2) is 0 Å². The first-order chi connectivity index (χ1) is 9.75. The van der Waals surface area contributed by atoms with E-state index in [2.05, 4.69) is 37.5 Å². The van der Waals surface area contributed by atoms with Gasteiger partial charge in [-0.2, -0.15) is 15.0 Å². The molecule has 1 aliphatic heterocycles. The van der Waals surface area contributed by atoms with E-state index in [0.29, 0.717) is 17.9 Å². The summed E-state index contributed by atoms with van der Waals surface area (Å²) in [6.07, 6.45) is 3.37. The third-order valence-corrected chi connectivity index (χ3v) is 3.39. The van der Waals surface area contributed by atoms with E-state index in [1.165, 1.54) is 20.1 Å². The zero-order chi connectivity index (χ0) is 14.4. The summed E-state index contributed by atoms with van der Waals surface area (Å²) < 4.78 is 5.03. The normalized spacial score (nSPS) is 16.9. The molecule has 1 fully saturated rings. The molecule has 0 saturated carbocycles. The van der Waals surface area contributed by atoms with Crippen LogP contribution in [0.2, 0.25) is 0 Å². The molecular weight excluding hydrogens is 258 g/mol. The van der Waals surface area contributed by atoms with Crippen LogP contribution in [-0.4, -0.2) is 52.6 Å². The highest BCUT2D eigenvalue weighted by atomic mass is 16.5. The van der Waals surface area contributed by atoms with Crippen molar-refractivity contribution in [2.24, 2.45) is 5.84 Å². The number of likely N-dealkylation sites (tertiary alicyclic amines) is 1. The Labute approximate surface area is 119 Å². The number of nitrogens with two attached hydrogens (primary N) is 1. The number of anilines is 2. The molecular formula is C12H23N7O. The van der Waals surface area contributed by atoms with Gasteiger partial charge < -0.3 is 15.0 Å². The summed E-state index contributed by atoms with van der Waals surface area (Å²) in [4.78, 5) is 14.8. The number of aromatic nitrogens is 3. The fraction of sp³-hybridized carbons (Fsp3) is 0.750. The Bertz CT molecular complexity index is 398. The molecule has 8 heteroatoms. The van der Waals surface area contributed by atoms with E-state index >= 15 is 0 Å². The molecule has 0 spiro atoms. The number of ether oxygens (including phenoxy) is 1. The van der Waals surface area contributed by atoms with Crippen LogP contribution in [0.5, 0.6) is 6.01 Å². The highest BCUT2D eigenvalue weighted by molar-refractivity contribution is 5.35. The average molecular weight is 281 g/mol. The number of methoxy groups -OCH3 is 1. The third kappa shape index (κ3) is 3.91. The molecule has 112 valence electrons. The van der Waals surface area contributed by atoms with Crippen LogP contribution in [0.1, 0.15) is 26.2 Å². The maximum atomic E-state index is 5.33. The Balaban J connectivity index is 1.93. The molecule has 0 aliphatic carbocycles. The second-order valence-electron chi connectivity index (χ2n) is 4.87. The zero-order valence-electron chi connectivity index (χ0n) is 12.1. The summed E-state index contributed by atoms with van der Waals surface area (Å²) in [7, 11) is 1.52. The Morgan fingerprint density at radius 3 is 2.55 bits per heavy atom. The van der Waals surface area contributed by atoms with Gasteiger partial charge in [0.1, 0.15) is 0 Å². The van der Waals surface area contributed by atoms with Crippen molar-refractivity contribution < 1.29 is 4.74 Å². The smallest absolute Gasteiger partial charge is 0.322 e. The predicted molar refractivity (Wildman–Crippen MR) is 77.6 cm³/mol. The molecule has 1 saturated heterocycles. The second-order valence-corrected chi connectivity index (χ2v) is 4.87. The molecule has 2 heterocycles. The van der Waals surface area contributed by atoms with E-state index < -0.39 is 0 Å². The molecule has 1 aliphatic rings. The topological polar surface area (TPSA) is 101 Å². The summed E-state index contributed by atoms with van der Waals surface area (Å²) in [6, 6.07) is 0.625. The summed E-state index contributed by atoms with van der Waals surface area (Å²) >= 11 is 0. The van der Waals surface area contributed by atoms with Crippen LogP contribution in [-0.2, 0) is 0 Å². The molecule has 0 radical (unpaired) electrons. The Morgan fingerprint density at radius 2 is 1.95 bits per heavy atom. The van der Waals surface area contributed by atoms with Crippen LogP contribution in [0.25, 0.3) is 0 Å². The number of hydrazine groups is 1. The van der Waals surface area contributed by atoms with Gasteiger partial charge in [-0.1, -0.05) is 6.92 Å². The molecule has 20 heavy (non-hydrogen) atoms. The molecule has 2 rings (SSSR count). The minimum atomic E-state index is 0.249. The number of hydrogen-bond acceptors (Lipinski definition) is 8. The fourth-order valence-corrected chi connectivity index (χ4v) is 2.38. The maximum Gasteiger partial charge on any atom is 0.322 e. The van der Waals surface area contributed by atoms with Gasteiger partial charge in [-0.25, -0.2) is 5.84 Å². The van der Waals surface area contributed by atoms with Crippen LogP contribution < -0.4 is 21.3 Å². The van der Waals surface area contributed by atoms with Crippen molar-refractivity contribution >= 4 is 11.9 Å². The fourth-order valence-electron chi connectivity index (χ4n) is 2.38. The van der Waals surface area contributed by atoms with E-state index in [0.717, 1.165) is 25.9 Å². The van der Waals surface area contributed by atoms with Gasteiger partial charge in [-0.3, -0.25) is 5.43 Å². The molecule has 8 nitrogen and oxygen atoms in total. The van der Waals surface area contributed by atoms with Gasteiger partial charge in [0.15, 0.2) is 0 Å². The zero-order valence-corrected chi connectivity index (χ0v) is 12.1. The molecule has 1 aromatic rings. The summed E-state index contributed by atoms with van der Waals surface area (Å²) in [5, 5.41) is 3.33. The summed E-state index contributed by atoms with van der Waals surface area (Å²) in [5.74, 6) is 6.13. The van der Waals surface area contributed by atoms with Crippen molar-refractivity contribution in [2.45, 2.75) is 32.2 Å². The van der Waals surface area contributed by atoms with Crippen LogP contribution in [0.3, 0.4) is 0 Å². The van der Waals surface area contributed by atoms with Crippen LogP contribution >= 0.6 is 0 Å². The molecule has 0 unspecified atom stereocenters. The quantitative estimate of drug-likeness (QED) is 0.510. The van der Waals surface area contributed by atoms with E-state index in [-0.39, 0.29) is 6.01 Å². The largest absolute Gasteiger partial charge is 0.467 e. The number of rotatable bonds is 6. The van der Waals surface area contributed by atoms with Gasteiger partial charge in [-0.15, -0.1) is 0 Å². The van der Waals surface area contributed by atoms with Crippen molar-refractivity contribution in [3.8, 4) is 6.01 Å². The first-order valence-corrected chi connectivity index (χ1v) is 7.00. The highest BCUT2D eigenvalue weighted by Crippen LogP contribution is 2.16. The minimum absolute atomic E-state index is 0.249. The molecule has 0 atom stereocenters. The van der Waals surface area contributed by atoms with E-state index in [4.69, 9.17) is 10.6 Å². The molecule has 1 aromatic heterocycles. The minimum Gasteiger partial charge on any atom is -0.467 e. The molecule has 4 N–H and O–H groups in total. The number of piperidine rings is 1. The van der Waals surface area contributed by atoms with Crippen LogP contribution in [0, 0.1) is 0 Å². The Kier molecular flexibility index (Phi) is 5.31. The monoisotopic (exact) mass is 281 g/mol. The third-order valence-electron chi connectivity index (χ3n) is 3.39. The lowest BCUT2D eigenvalue weighted by Gasteiger charge is -2.32. The van der Waals surface area contributed by atoms with E-state index in [1.54, 1.807) is 0 Å². The summed E-state index contributed by atoms with van der Waals surface area (Å²) in [6.45, 7) is 5.60. The second kappa shape index (κ2) is 7.20. The van der Waals surface area contributed by atoms with Crippen LogP contribution in [0.4, 0.5) is 11.9 Å². The maximum absolute atomic E-state index is 5.33. The first kappa shape index (κ1) is 14.7. The number of hydrogen-bond donors (Lipinski definition) is 3.